The fourth-order valence-electron chi connectivity index (χ4n) is 2.06. The molecule has 0 radical (unpaired) electrons. The Kier molecular flexibility index (Phi) is 7.16. The number of benzene rings is 1. The number of hydrazone groups is 1. The Balaban J connectivity index is 0.00000208. The third kappa shape index (κ3) is 4.75. The average molecular weight is 487 g/mol. The second-order valence-electron chi connectivity index (χ2n) is 5.00. The summed E-state index contributed by atoms with van der Waals surface area (Å²) in [5.74, 6) is 0. The monoisotopic (exact) mass is 485 g/mol. The summed E-state index contributed by atoms with van der Waals surface area (Å²) in [6.07, 6.45) is 1.05. The largest absolute Gasteiger partial charge is 0.252 e. The average Bonchev–Trinajstić information content (AvgIpc) is 3.22. The Bertz CT molecular complexity index is 822. The molecule has 0 saturated carbocycles. The predicted molar refractivity (Wildman–Crippen MR) is 115 cm³/mol. The zero-order chi connectivity index (χ0) is 16.2. The molecule has 3 aromatic rings. The lowest BCUT2D eigenvalue weighted by atomic mass is 10.1. The van der Waals surface area contributed by atoms with Crippen molar-refractivity contribution < 1.29 is 0 Å². The van der Waals surface area contributed by atoms with Gasteiger partial charge in [-0.3, -0.25) is 5.43 Å². The van der Waals surface area contributed by atoms with E-state index in [1.54, 1.807) is 22.7 Å². The molecule has 0 amide bonds. The van der Waals surface area contributed by atoms with Crippen LogP contribution in [0.3, 0.4) is 0 Å². The highest BCUT2D eigenvalue weighted by atomic mass is 79.9. The highest BCUT2D eigenvalue weighted by molar-refractivity contribution is 9.11. The van der Waals surface area contributed by atoms with Crippen molar-refractivity contribution in [2.75, 3.05) is 5.43 Å². The smallest absolute Gasteiger partial charge is 0.203 e. The maximum Gasteiger partial charge on any atom is 0.203 e. The van der Waals surface area contributed by atoms with E-state index in [0.717, 1.165) is 37.2 Å². The first-order chi connectivity index (χ1) is 11.2. The molecule has 0 aliphatic rings. The second kappa shape index (κ2) is 8.89. The number of nitrogens with one attached hydrogen (secondary N) is 1. The van der Waals surface area contributed by atoms with E-state index >= 15 is 0 Å². The first-order valence-corrected chi connectivity index (χ1v) is 9.75. The number of hydrogen-bond donors (Lipinski definition) is 1. The van der Waals surface area contributed by atoms with E-state index in [1.165, 1.54) is 5.56 Å². The van der Waals surface area contributed by atoms with Crippen molar-refractivity contribution in [1.29, 1.82) is 0 Å². The molecule has 0 aliphatic heterocycles. The number of thiophene rings is 1. The summed E-state index contributed by atoms with van der Waals surface area (Å²) >= 11 is 6.70. The van der Waals surface area contributed by atoms with Crippen molar-refractivity contribution in [2.45, 2.75) is 20.3 Å². The van der Waals surface area contributed by atoms with Crippen molar-refractivity contribution in [3.63, 3.8) is 0 Å². The van der Waals surface area contributed by atoms with Crippen molar-refractivity contribution in [2.24, 2.45) is 5.10 Å². The van der Waals surface area contributed by atoms with Crippen LogP contribution in [0.1, 0.15) is 24.3 Å². The lowest BCUT2D eigenvalue weighted by Crippen LogP contribution is -1.96. The molecule has 24 heavy (non-hydrogen) atoms. The lowest BCUT2D eigenvalue weighted by molar-refractivity contribution is 1.14. The van der Waals surface area contributed by atoms with Gasteiger partial charge in [0, 0.05) is 10.9 Å². The Labute approximate surface area is 168 Å². The van der Waals surface area contributed by atoms with Gasteiger partial charge in [0.1, 0.15) is 0 Å². The van der Waals surface area contributed by atoms with Crippen molar-refractivity contribution >= 4 is 66.4 Å². The zero-order valence-electron chi connectivity index (χ0n) is 13.2. The molecule has 3 rings (SSSR count). The van der Waals surface area contributed by atoms with Gasteiger partial charge in [-0.15, -0.1) is 39.7 Å². The number of aryl methyl sites for hydroxylation is 1. The molecule has 0 saturated heterocycles. The molecule has 3 nitrogen and oxygen atoms in total. The van der Waals surface area contributed by atoms with Gasteiger partial charge in [0.25, 0.3) is 0 Å². The van der Waals surface area contributed by atoms with Gasteiger partial charge >= 0.3 is 0 Å². The summed E-state index contributed by atoms with van der Waals surface area (Å²) in [5, 5.41) is 7.27. The highest BCUT2D eigenvalue weighted by Gasteiger charge is 2.05. The van der Waals surface area contributed by atoms with E-state index < -0.39 is 0 Å². The molecule has 0 spiro atoms. The topological polar surface area (TPSA) is 37.3 Å². The number of aromatic nitrogens is 1. The summed E-state index contributed by atoms with van der Waals surface area (Å²) in [5.41, 5.74) is 7.45. The third-order valence-corrected chi connectivity index (χ3v) is 5.89. The molecule has 0 aliphatic carbocycles. The number of hydrogen-bond acceptors (Lipinski definition) is 5. The van der Waals surface area contributed by atoms with Crippen LogP contribution in [0.4, 0.5) is 5.13 Å². The zero-order valence-corrected chi connectivity index (χ0v) is 18.2. The summed E-state index contributed by atoms with van der Waals surface area (Å²) in [6.45, 7) is 4.15. The van der Waals surface area contributed by atoms with Crippen LogP contribution in [0.25, 0.3) is 11.3 Å². The molecule has 126 valence electrons. The molecule has 1 aromatic carbocycles. The number of nitrogens with zero attached hydrogens (tertiary/aromatic N) is 2. The van der Waals surface area contributed by atoms with Gasteiger partial charge in [-0.05, 0) is 47.0 Å². The lowest BCUT2D eigenvalue weighted by Gasteiger charge is -1.99. The summed E-state index contributed by atoms with van der Waals surface area (Å²) in [6, 6.07) is 12.6. The molecule has 7 heteroatoms. The van der Waals surface area contributed by atoms with Crippen LogP contribution in [0.15, 0.2) is 50.7 Å². The van der Waals surface area contributed by atoms with Crippen molar-refractivity contribution in [1.82, 2.24) is 4.98 Å². The van der Waals surface area contributed by atoms with E-state index in [2.05, 4.69) is 74.1 Å². The molecule has 0 fully saturated rings. The number of rotatable bonds is 5. The van der Waals surface area contributed by atoms with Gasteiger partial charge in [-0.25, -0.2) is 4.98 Å². The van der Waals surface area contributed by atoms with E-state index in [9.17, 15) is 0 Å². The third-order valence-electron chi connectivity index (χ3n) is 3.41. The fraction of sp³-hybridized carbons (Fsp3) is 0.176. The molecule has 2 aromatic heterocycles. The predicted octanol–water partition coefficient (Wildman–Crippen LogP) is 6.61. The quantitative estimate of drug-likeness (QED) is 0.325. The van der Waals surface area contributed by atoms with E-state index in [0.29, 0.717) is 0 Å². The molecule has 0 bridgehead atoms. The van der Waals surface area contributed by atoms with Gasteiger partial charge in [-0.2, -0.15) is 5.10 Å². The van der Waals surface area contributed by atoms with Gasteiger partial charge in [0.05, 0.1) is 20.1 Å². The van der Waals surface area contributed by atoms with Gasteiger partial charge in [0.15, 0.2) is 0 Å². The summed E-state index contributed by atoms with van der Waals surface area (Å²) in [4.78, 5) is 5.74. The summed E-state index contributed by atoms with van der Waals surface area (Å²) in [7, 11) is 0. The van der Waals surface area contributed by atoms with Crippen LogP contribution in [0, 0.1) is 0 Å². The Morgan fingerprint density at radius 1 is 1.21 bits per heavy atom. The van der Waals surface area contributed by atoms with Gasteiger partial charge < -0.3 is 0 Å². The van der Waals surface area contributed by atoms with E-state index in [-0.39, 0.29) is 17.0 Å². The van der Waals surface area contributed by atoms with Crippen molar-refractivity contribution in [3.05, 3.63) is 56.0 Å². The van der Waals surface area contributed by atoms with Crippen LogP contribution < -0.4 is 5.43 Å². The van der Waals surface area contributed by atoms with E-state index in [1.807, 2.05) is 13.0 Å². The fourth-order valence-corrected chi connectivity index (χ4v) is 4.06. The van der Waals surface area contributed by atoms with E-state index in [4.69, 9.17) is 0 Å². The minimum Gasteiger partial charge on any atom is -0.252 e. The minimum atomic E-state index is 0. The van der Waals surface area contributed by atoms with Crippen LogP contribution in [0.5, 0.6) is 0 Å². The Morgan fingerprint density at radius 3 is 2.58 bits per heavy atom. The Morgan fingerprint density at radius 2 is 1.96 bits per heavy atom. The van der Waals surface area contributed by atoms with Crippen LogP contribution in [-0.2, 0) is 6.42 Å². The number of anilines is 1. The second-order valence-corrected chi connectivity index (χ2v) is 8.32. The van der Waals surface area contributed by atoms with Crippen LogP contribution >= 0.6 is 55.6 Å². The summed E-state index contributed by atoms with van der Waals surface area (Å²) < 4.78 is 1.11. The minimum absolute atomic E-state index is 0. The van der Waals surface area contributed by atoms with Gasteiger partial charge in [-0.1, -0.05) is 31.2 Å². The first kappa shape index (κ1) is 19.3. The maximum absolute atomic E-state index is 4.60. The number of halogens is 2. The van der Waals surface area contributed by atoms with Crippen molar-refractivity contribution in [3.8, 4) is 11.3 Å². The molecule has 2 heterocycles. The van der Waals surface area contributed by atoms with Gasteiger partial charge in [0.2, 0.25) is 5.13 Å². The molecular weight excluding hydrogens is 470 g/mol. The molecule has 0 atom stereocenters. The van der Waals surface area contributed by atoms with Crippen LogP contribution in [0.2, 0.25) is 0 Å². The highest BCUT2D eigenvalue weighted by Crippen LogP contribution is 2.26. The standard InChI is InChI=1S/C17H16BrN3S2.BrH/c1-3-12-4-6-13(7-5-12)14-10-22-17(19-14)21-20-11(2)15-8-9-16(18)23-15;/h4-10H,3H2,1-2H3,(H,19,21);1H/b20-11-;. The first-order valence-electron chi connectivity index (χ1n) is 7.26. The molecule has 0 unspecified atom stereocenters. The normalized spacial score (nSPS) is 11.2. The molecule has 1 N–H and O–H groups in total. The maximum atomic E-state index is 4.60. The SMILES string of the molecule is Br.CCc1ccc(-c2csc(N/N=C(/C)c3ccc(Br)s3)n2)cc1. The molecular formula is C17H17Br2N3S2. The Hall–Kier alpha value is -1.02. The number of thiazole rings is 1. The van der Waals surface area contributed by atoms with Crippen LogP contribution in [-0.4, -0.2) is 10.7 Å².